The molecule has 0 aromatic rings. The second kappa shape index (κ2) is 3.07. The van der Waals surface area contributed by atoms with E-state index in [1.807, 2.05) is 0 Å². The zero-order valence-corrected chi connectivity index (χ0v) is 6.65. The maximum absolute atomic E-state index is 13.1. The van der Waals surface area contributed by atoms with E-state index >= 15 is 0 Å². The summed E-state index contributed by atoms with van der Waals surface area (Å²) in [6.45, 7) is 1.50. The van der Waals surface area contributed by atoms with Crippen LogP contribution in [-0.4, -0.2) is 31.3 Å². The third kappa shape index (κ3) is 1.91. The maximum Gasteiger partial charge on any atom is 0.128 e. The van der Waals surface area contributed by atoms with Crippen LogP contribution in [0.1, 0.15) is 19.3 Å². The average molecular weight is 158 g/mol. The Morgan fingerprint density at radius 3 is 2.73 bits per heavy atom. The van der Waals surface area contributed by atoms with Crippen molar-refractivity contribution < 1.29 is 4.39 Å². The van der Waals surface area contributed by atoms with Crippen LogP contribution < -0.4 is 10.6 Å². The third-order valence-corrected chi connectivity index (χ3v) is 2.44. The number of rotatable bonds is 2. The van der Waals surface area contributed by atoms with Gasteiger partial charge in [0.25, 0.3) is 0 Å². The molecule has 2 atom stereocenters. The first kappa shape index (κ1) is 7.50. The lowest BCUT2D eigenvalue weighted by Gasteiger charge is -2.27. The van der Waals surface area contributed by atoms with Gasteiger partial charge in [-0.3, -0.25) is 0 Å². The lowest BCUT2D eigenvalue weighted by molar-refractivity contribution is 0.202. The number of piperidine rings is 1. The number of hydrogen-bond acceptors (Lipinski definition) is 2. The molecule has 2 rings (SSSR count). The molecule has 2 fully saturated rings. The molecule has 0 amide bonds. The smallest absolute Gasteiger partial charge is 0.128 e. The first-order chi connectivity index (χ1) is 5.36. The van der Waals surface area contributed by atoms with Gasteiger partial charge in [0.05, 0.1) is 0 Å². The Balaban J connectivity index is 1.78. The highest BCUT2D eigenvalue weighted by Crippen LogP contribution is 2.21. The van der Waals surface area contributed by atoms with Crippen molar-refractivity contribution in [2.24, 2.45) is 0 Å². The fraction of sp³-hybridized carbons (Fsp3) is 1.00. The van der Waals surface area contributed by atoms with Crippen molar-refractivity contribution in [1.82, 2.24) is 10.6 Å². The Morgan fingerprint density at radius 2 is 2.09 bits per heavy atom. The fourth-order valence-electron chi connectivity index (χ4n) is 1.56. The Hall–Kier alpha value is -0.150. The van der Waals surface area contributed by atoms with Crippen LogP contribution in [-0.2, 0) is 0 Å². The molecule has 1 saturated carbocycles. The van der Waals surface area contributed by atoms with Crippen molar-refractivity contribution in [3.63, 3.8) is 0 Å². The molecule has 2 aliphatic rings. The monoisotopic (exact) mass is 158 g/mol. The molecule has 0 aromatic carbocycles. The van der Waals surface area contributed by atoms with Crippen LogP contribution in [0.3, 0.4) is 0 Å². The molecule has 0 spiro atoms. The molecule has 2 N–H and O–H groups in total. The molecule has 11 heavy (non-hydrogen) atoms. The minimum Gasteiger partial charge on any atom is -0.314 e. The largest absolute Gasteiger partial charge is 0.314 e. The first-order valence-electron chi connectivity index (χ1n) is 4.47. The van der Waals surface area contributed by atoms with Gasteiger partial charge in [-0.25, -0.2) is 4.39 Å². The highest BCUT2D eigenvalue weighted by molar-refractivity contribution is 4.90. The van der Waals surface area contributed by atoms with E-state index in [-0.39, 0.29) is 6.04 Å². The molecule has 1 heterocycles. The van der Waals surface area contributed by atoms with Crippen molar-refractivity contribution in [3.8, 4) is 0 Å². The van der Waals surface area contributed by atoms with Crippen LogP contribution in [0.4, 0.5) is 4.39 Å². The molecule has 2 nitrogen and oxygen atoms in total. The topological polar surface area (TPSA) is 24.1 Å². The summed E-state index contributed by atoms with van der Waals surface area (Å²) in [5.41, 5.74) is 0. The highest BCUT2D eigenvalue weighted by atomic mass is 19.1. The summed E-state index contributed by atoms with van der Waals surface area (Å²) in [7, 11) is 0. The van der Waals surface area contributed by atoms with Gasteiger partial charge in [-0.05, 0) is 25.8 Å². The molecular weight excluding hydrogens is 143 g/mol. The minimum atomic E-state index is -0.677. The van der Waals surface area contributed by atoms with Crippen molar-refractivity contribution in [2.75, 3.05) is 13.1 Å². The van der Waals surface area contributed by atoms with Crippen LogP contribution in [0.25, 0.3) is 0 Å². The zero-order valence-electron chi connectivity index (χ0n) is 6.65. The van der Waals surface area contributed by atoms with Gasteiger partial charge in [0, 0.05) is 18.6 Å². The molecule has 0 radical (unpaired) electrons. The quantitative estimate of drug-likeness (QED) is 0.609. The predicted molar refractivity (Wildman–Crippen MR) is 42.3 cm³/mol. The van der Waals surface area contributed by atoms with E-state index in [1.54, 1.807) is 0 Å². The summed E-state index contributed by atoms with van der Waals surface area (Å²) in [4.78, 5) is 0. The second-order valence-corrected chi connectivity index (χ2v) is 3.56. The summed E-state index contributed by atoms with van der Waals surface area (Å²) in [5, 5.41) is 6.37. The maximum atomic E-state index is 13.1. The van der Waals surface area contributed by atoms with E-state index in [4.69, 9.17) is 0 Å². The summed E-state index contributed by atoms with van der Waals surface area (Å²) in [6, 6.07) is 0.764. The van der Waals surface area contributed by atoms with Crippen molar-refractivity contribution in [2.45, 2.75) is 37.5 Å². The van der Waals surface area contributed by atoms with E-state index in [0.717, 1.165) is 13.0 Å². The first-order valence-corrected chi connectivity index (χ1v) is 4.47. The standard InChI is InChI=1S/C8H15FN2/c9-7-5-10-4-3-8(7)11-6-1-2-6/h6-8,10-11H,1-5H2/t7-,8+/m0/s1. The van der Waals surface area contributed by atoms with Gasteiger partial charge < -0.3 is 10.6 Å². The van der Waals surface area contributed by atoms with E-state index in [9.17, 15) is 4.39 Å². The highest BCUT2D eigenvalue weighted by Gasteiger charge is 2.30. The van der Waals surface area contributed by atoms with Gasteiger partial charge in [-0.15, -0.1) is 0 Å². The summed E-state index contributed by atoms with van der Waals surface area (Å²) in [6.07, 6.45) is 2.76. The normalized spacial score (nSPS) is 39.0. The molecule has 64 valence electrons. The fourth-order valence-corrected chi connectivity index (χ4v) is 1.56. The van der Waals surface area contributed by atoms with E-state index in [1.165, 1.54) is 12.8 Å². The van der Waals surface area contributed by atoms with Crippen molar-refractivity contribution >= 4 is 0 Å². The van der Waals surface area contributed by atoms with Crippen LogP contribution in [0.15, 0.2) is 0 Å². The predicted octanol–water partition coefficient (Wildman–Crippen LogP) is 0.438. The van der Waals surface area contributed by atoms with Crippen molar-refractivity contribution in [3.05, 3.63) is 0 Å². The van der Waals surface area contributed by atoms with Crippen LogP contribution >= 0.6 is 0 Å². The SMILES string of the molecule is F[C@H]1CNCC[C@H]1NC1CC1. The molecule has 1 aliphatic carbocycles. The number of hydrogen-bond donors (Lipinski definition) is 2. The molecule has 1 saturated heterocycles. The summed E-state index contributed by atoms with van der Waals surface area (Å²) < 4.78 is 13.1. The molecular formula is C8H15FN2. The van der Waals surface area contributed by atoms with Crippen LogP contribution in [0.5, 0.6) is 0 Å². The van der Waals surface area contributed by atoms with Gasteiger partial charge in [-0.2, -0.15) is 0 Å². The molecule has 0 aromatic heterocycles. The minimum absolute atomic E-state index is 0.128. The number of halogens is 1. The Labute approximate surface area is 66.5 Å². The Morgan fingerprint density at radius 1 is 1.27 bits per heavy atom. The Kier molecular flexibility index (Phi) is 2.09. The molecule has 1 aliphatic heterocycles. The average Bonchev–Trinajstić information content (AvgIpc) is 2.78. The van der Waals surface area contributed by atoms with Gasteiger partial charge >= 0.3 is 0 Å². The lowest BCUT2D eigenvalue weighted by Crippen LogP contribution is -2.49. The van der Waals surface area contributed by atoms with Crippen LogP contribution in [0.2, 0.25) is 0 Å². The van der Waals surface area contributed by atoms with E-state index in [2.05, 4.69) is 10.6 Å². The van der Waals surface area contributed by atoms with Gasteiger partial charge in [0.15, 0.2) is 0 Å². The number of alkyl halides is 1. The van der Waals surface area contributed by atoms with Crippen LogP contribution in [0, 0.1) is 0 Å². The summed E-state index contributed by atoms with van der Waals surface area (Å²) >= 11 is 0. The van der Waals surface area contributed by atoms with E-state index < -0.39 is 6.17 Å². The summed E-state index contributed by atoms with van der Waals surface area (Å²) in [5.74, 6) is 0. The van der Waals surface area contributed by atoms with Gasteiger partial charge in [0.1, 0.15) is 6.17 Å². The molecule has 0 bridgehead atoms. The van der Waals surface area contributed by atoms with Gasteiger partial charge in [-0.1, -0.05) is 0 Å². The zero-order chi connectivity index (χ0) is 7.68. The van der Waals surface area contributed by atoms with E-state index in [0.29, 0.717) is 12.6 Å². The second-order valence-electron chi connectivity index (χ2n) is 3.56. The molecule has 0 unspecified atom stereocenters. The van der Waals surface area contributed by atoms with Gasteiger partial charge in [0.2, 0.25) is 0 Å². The number of nitrogens with one attached hydrogen (secondary N) is 2. The Bertz CT molecular complexity index is 136. The third-order valence-electron chi connectivity index (χ3n) is 2.44. The lowest BCUT2D eigenvalue weighted by atomic mass is 10.1. The van der Waals surface area contributed by atoms with Crippen molar-refractivity contribution in [1.29, 1.82) is 0 Å². The molecule has 3 heteroatoms.